The maximum atomic E-state index is 12.5. The molecule has 4 nitrogen and oxygen atoms in total. The van der Waals surface area contributed by atoms with Crippen LogP contribution in [0.4, 0.5) is 0 Å². The SMILES string of the molecule is COc1cc([C@H]2CCC3(C2)CN(C(=O)[C@H]2C[C@@](C)(O)C2)C3)ccc1C. The van der Waals surface area contributed by atoms with Gasteiger partial charge in [-0.15, -0.1) is 0 Å². The van der Waals surface area contributed by atoms with Gasteiger partial charge in [-0.1, -0.05) is 12.1 Å². The summed E-state index contributed by atoms with van der Waals surface area (Å²) in [6.45, 7) is 5.71. The van der Waals surface area contributed by atoms with E-state index in [-0.39, 0.29) is 11.8 Å². The molecule has 25 heavy (non-hydrogen) atoms. The number of aryl methyl sites for hydroxylation is 1. The van der Waals surface area contributed by atoms with Crippen molar-refractivity contribution in [3.8, 4) is 5.75 Å². The fraction of sp³-hybridized carbons (Fsp3) is 0.667. The van der Waals surface area contributed by atoms with Crippen LogP contribution in [0.3, 0.4) is 0 Å². The number of hydrogen-bond acceptors (Lipinski definition) is 3. The molecule has 1 atom stereocenters. The maximum absolute atomic E-state index is 12.5. The lowest BCUT2D eigenvalue weighted by atomic mass is 9.69. The summed E-state index contributed by atoms with van der Waals surface area (Å²) in [7, 11) is 1.73. The van der Waals surface area contributed by atoms with Crippen LogP contribution in [-0.4, -0.2) is 41.7 Å². The molecular weight excluding hydrogens is 314 g/mol. The molecule has 1 spiro atoms. The van der Waals surface area contributed by atoms with Gasteiger partial charge in [0.2, 0.25) is 5.91 Å². The van der Waals surface area contributed by atoms with E-state index in [0.717, 1.165) is 18.8 Å². The van der Waals surface area contributed by atoms with Crippen LogP contribution >= 0.6 is 0 Å². The van der Waals surface area contributed by atoms with Crippen LogP contribution in [0.1, 0.15) is 56.1 Å². The van der Waals surface area contributed by atoms with Gasteiger partial charge in [0.1, 0.15) is 5.75 Å². The van der Waals surface area contributed by atoms with E-state index in [2.05, 4.69) is 25.1 Å². The quantitative estimate of drug-likeness (QED) is 0.916. The molecule has 3 aliphatic rings. The van der Waals surface area contributed by atoms with Crippen molar-refractivity contribution in [3.63, 3.8) is 0 Å². The minimum Gasteiger partial charge on any atom is -0.496 e. The number of ether oxygens (including phenoxy) is 1. The standard InChI is InChI=1S/C21H29NO3/c1-14-4-5-15(8-18(14)25-3)16-6-7-21(11-16)12-22(13-21)19(23)17-9-20(2,24)10-17/h4-5,8,16-17,24H,6-7,9-13H2,1-3H3/t16-,17-,20+/m0/s1. The van der Waals surface area contributed by atoms with Crippen LogP contribution < -0.4 is 4.74 Å². The highest BCUT2D eigenvalue weighted by Gasteiger charge is 2.53. The lowest BCUT2D eigenvalue weighted by Crippen LogP contribution is -2.61. The number of carbonyl (C=O) groups excluding carboxylic acids is 1. The normalized spacial score (nSPS) is 33.0. The summed E-state index contributed by atoms with van der Waals surface area (Å²) in [5, 5.41) is 9.85. The van der Waals surface area contributed by atoms with Gasteiger partial charge >= 0.3 is 0 Å². The summed E-state index contributed by atoms with van der Waals surface area (Å²) in [6, 6.07) is 6.58. The van der Waals surface area contributed by atoms with Crippen molar-refractivity contribution in [2.24, 2.45) is 11.3 Å². The zero-order valence-corrected chi connectivity index (χ0v) is 15.5. The fourth-order valence-electron chi connectivity index (χ4n) is 5.22. The van der Waals surface area contributed by atoms with Crippen LogP contribution in [0.15, 0.2) is 18.2 Å². The van der Waals surface area contributed by atoms with E-state index in [1.165, 1.54) is 30.4 Å². The Morgan fingerprint density at radius 2 is 2.00 bits per heavy atom. The Morgan fingerprint density at radius 1 is 1.28 bits per heavy atom. The van der Waals surface area contributed by atoms with Gasteiger partial charge in [-0.25, -0.2) is 0 Å². The van der Waals surface area contributed by atoms with E-state index in [1.54, 1.807) is 7.11 Å². The molecule has 1 N–H and O–H groups in total. The van der Waals surface area contributed by atoms with E-state index in [4.69, 9.17) is 4.74 Å². The molecule has 4 rings (SSSR count). The Morgan fingerprint density at radius 3 is 2.64 bits per heavy atom. The Kier molecular flexibility index (Phi) is 3.87. The second-order valence-corrected chi connectivity index (χ2v) is 8.97. The average Bonchev–Trinajstić information content (AvgIpc) is 2.96. The Labute approximate surface area is 150 Å². The largest absolute Gasteiger partial charge is 0.496 e. The molecule has 2 saturated carbocycles. The topological polar surface area (TPSA) is 49.8 Å². The summed E-state index contributed by atoms with van der Waals surface area (Å²) in [5.74, 6) is 1.86. The fourth-order valence-corrected chi connectivity index (χ4v) is 5.22. The van der Waals surface area contributed by atoms with Crippen molar-refractivity contribution in [1.29, 1.82) is 0 Å². The van der Waals surface area contributed by atoms with Gasteiger partial charge < -0.3 is 14.7 Å². The molecule has 1 aromatic carbocycles. The summed E-state index contributed by atoms with van der Waals surface area (Å²) < 4.78 is 5.47. The molecular formula is C21H29NO3. The van der Waals surface area contributed by atoms with Gasteiger partial charge in [0.15, 0.2) is 0 Å². The summed E-state index contributed by atoms with van der Waals surface area (Å²) in [6.07, 6.45) is 4.83. The predicted molar refractivity (Wildman–Crippen MR) is 96.7 cm³/mol. The molecule has 0 unspecified atom stereocenters. The highest BCUT2D eigenvalue weighted by molar-refractivity contribution is 5.81. The first kappa shape index (κ1) is 16.9. The zero-order valence-electron chi connectivity index (χ0n) is 15.5. The molecule has 0 radical (unpaired) electrons. The van der Waals surface area contributed by atoms with Crippen LogP contribution in [0, 0.1) is 18.3 Å². The monoisotopic (exact) mass is 343 g/mol. The van der Waals surface area contributed by atoms with Gasteiger partial charge in [-0.3, -0.25) is 4.79 Å². The highest BCUT2D eigenvalue weighted by atomic mass is 16.5. The molecule has 1 aromatic rings. The van der Waals surface area contributed by atoms with Crippen molar-refractivity contribution in [3.05, 3.63) is 29.3 Å². The molecule has 136 valence electrons. The first-order valence-corrected chi connectivity index (χ1v) is 9.47. The van der Waals surface area contributed by atoms with Gasteiger partial charge in [-0.2, -0.15) is 0 Å². The molecule has 0 aromatic heterocycles. The van der Waals surface area contributed by atoms with Crippen LogP contribution in [0.5, 0.6) is 5.75 Å². The van der Waals surface area contributed by atoms with Gasteiger partial charge in [-0.05, 0) is 69.1 Å². The van der Waals surface area contributed by atoms with Gasteiger partial charge in [0.05, 0.1) is 12.7 Å². The van der Waals surface area contributed by atoms with E-state index < -0.39 is 5.60 Å². The molecule has 1 aliphatic heterocycles. The number of hydrogen-bond donors (Lipinski definition) is 1. The van der Waals surface area contributed by atoms with E-state index in [9.17, 15) is 9.90 Å². The third-order valence-corrected chi connectivity index (χ3v) is 6.69. The highest BCUT2D eigenvalue weighted by Crippen LogP contribution is 2.53. The van der Waals surface area contributed by atoms with Crippen LogP contribution in [0.25, 0.3) is 0 Å². The van der Waals surface area contributed by atoms with Crippen molar-refractivity contribution in [2.45, 2.75) is 57.5 Å². The van der Waals surface area contributed by atoms with Gasteiger partial charge in [0.25, 0.3) is 0 Å². The third-order valence-electron chi connectivity index (χ3n) is 6.69. The molecule has 1 amide bonds. The molecule has 4 heteroatoms. The molecule has 1 saturated heterocycles. The number of carbonyl (C=O) groups is 1. The first-order valence-electron chi connectivity index (χ1n) is 9.47. The minimum absolute atomic E-state index is 0.0471. The van der Waals surface area contributed by atoms with Crippen molar-refractivity contribution < 1.29 is 14.6 Å². The second-order valence-electron chi connectivity index (χ2n) is 8.97. The molecule has 0 bridgehead atoms. The molecule has 2 aliphatic carbocycles. The number of aliphatic hydroxyl groups is 1. The van der Waals surface area contributed by atoms with Crippen LogP contribution in [-0.2, 0) is 4.79 Å². The molecule has 1 heterocycles. The van der Waals surface area contributed by atoms with Crippen molar-refractivity contribution >= 4 is 5.91 Å². The summed E-state index contributed by atoms with van der Waals surface area (Å²) in [4.78, 5) is 14.5. The number of amides is 1. The second kappa shape index (κ2) is 5.73. The third kappa shape index (κ3) is 2.95. The lowest BCUT2D eigenvalue weighted by Gasteiger charge is -2.52. The number of benzene rings is 1. The smallest absolute Gasteiger partial charge is 0.225 e. The summed E-state index contributed by atoms with van der Waals surface area (Å²) in [5.41, 5.74) is 2.26. The predicted octanol–water partition coefficient (Wildman–Crippen LogP) is 3.26. The number of rotatable bonds is 3. The first-order chi connectivity index (χ1) is 11.8. The van der Waals surface area contributed by atoms with Crippen LogP contribution in [0.2, 0.25) is 0 Å². The zero-order chi connectivity index (χ0) is 17.8. The maximum Gasteiger partial charge on any atom is 0.225 e. The number of likely N-dealkylation sites (tertiary alicyclic amines) is 1. The van der Waals surface area contributed by atoms with Gasteiger partial charge in [0, 0.05) is 24.4 Å². The minimum atomic E-state index is -0.619. The average molecular weight is 343 g/mol. The Balaban J connectivity index is 1.35. The van der Waals surface area contributed by atoms with E-state index >= 15 is 0 Å². The lowest BCUT2D eigenvalue weighted by molar-refractivity contribution is -0.161. The number of nitrogens with zero attached hydrogens (tertiary/aromatic N) is 1. The Hall–Kier alpha value is -1.55. The molecule has 3 fully saturated rings. The van der Waals surface area contributed by atoms with Crippen molar-refractivity contribution in [2.75, 3.05) is 20.2 Å². The number of methoxy groups -OCH3 is 1. The Bertz CT molecular complexity index is 682. The summed E-state index contributed by atoms with van der Waals surface area (Å²) >= 11 is 0. The van der Waals surface area contributed by atoms with E-state index in [1.807, 2.05) is 11.8 Å². The van der Waals surface area contributed by atoms with E-state index in [0.29, 0.717) is 24.2 Å². The van der Waals surface area contributed by atoms with Crippen molar-refractivity contribution in [1.82, 2.24) is 4.90 Å².